The molecule has 1 aliphatic heterocycles. The van der Waals surface area contributed by atoms with Gasteiger partial charge in [-0.25, -0.2) is 4.39 Å². The van der Waals surface area contributed by atoms with Crippen LogP contribution in [0.1, 0.15) is 30.0 Å². The van der Waals surface area contributed by atoms with Crippen molar-refractivity contribution in [2.75, 3.05) is 32.0 Å². The Bertz CT molecular complexity index is 905. The van der Waals surface area contributed by atoms with Crippen LogP contribution in [0.2, 0.25) is 0 Å². The van der Waals surface area contributed by atoms with E-state index < -0.39 is 0 Å². The van der Waals surface area contributed by atoms with Crippen LogP contribution in [0.25, 0.3) is 10.9 Å². The van der Waals surface area contributed by atoms with Crippen molar-refractivity contribution in [2.24, 2.45) is 0 Å². The molecule has 0 atom stereocenters. The van der Waals surface area contributed by atoms with Crippen LogP contribution in [0, 0.1) is 12.7 Å². The van der Waals surface area contributed by atoms with Crippen LogP contribution in [0.4, 0.5) is 10.1 Å². The highest BCUT2D eigenvalue weighted by Gasteiger charge is 2.22. The second kappa shape index (κ2) is 7.73. The smallest absolute Gasteiger partial charge is 0.123 e. The summed E-state index contributed by atoms with van der Waals surface area (Å²) in [7, 11) is 1.97. The van der Waals surface area contributed by atoms with Gasteiger partial charge in [-0.15, -0.1) is 0 Å². The molecule has 4 rings (SSSR count). The monoisotopic (exact) mass is 365 g/mol. The number of piperidine rings is 1. The van der Waals surface area contributed by atoms with Crippen LogP contribution in [0.15, 0.2) is 48.7 Å². The Balaban J connectivity index is 1.40. The zero-order chi connectivity index (χ0) is 18.8. The van der Waals surface area contributed by atoms with E-state index in [4.69, 9.17) is 0 Å². The number of hydrogen-bond donors (Lipinski definition) is 1. The molecule has 27 heavy (non-hydrogen) atoms. The number of halogens is 1. The Hall–Kier alpha value is -2.33. The quantitative estimate of drug-likeness (QED) is 0.686. The molecule has 1 aromatic heterocycles. The fraction of sp³-hybridized carbons (Fsp3) is 0.391. The molecule has 0 amide bonds. The Labute approximate surface area is 160 Å². The molecule has 0 saturated carbocycles. The second-order valence-corrected chi connectivity index (χ2v) is 7.65. The molecule has 1 saturated heterocycles. The maximum atomic E-state index is 13.0. The standard InChI is InChI=1S/C23H28FN3/c1-17-16-27(23-15-20(25-2)7-8-22(17)23)21-10-13-26(14-11-21)12-9-18-3-5-19(24)6-4-18/h3-8,15-16,21,25H,9-14H2,1-2H3. The lowest BCUT2D eigenvalue weighted by Crippen LogP contribution is -2.35. The third kappa shape index (κ3) is 3.86. The van der Waals surface area contributed by atoms with Gasteiger partial charge >= 0.3 is 0 Å². The summed E-state index contributed by atoms with van der Waals surface area (Å²) in [6.45, 7) is 5.50. The highest BCUT2D eigenvalue weighted by atomic mass is 19.1. The Kier molecular flexibility index (Phi) is 5.17. The first kappa shape index (κ1) is 18.1. The van der Waals surface area contributed by atoms with Crippen molar-refractivity contribution >= 4 is 16.6 Å². The first-order chi connectivity index (χ1) is 13.1. The molecular weight excluding hydrogens is 337 g/mol. The van der Waals surface area contributed by atoms with E-state index in [0.717, 1.165) is 26.1 Å². The first-order valence-electron chi connectivity index (χ1n) is 9.90. The molecule has 0 unspecified atom stereocenters. The van der Waals surface area contributed by atoms with Crippen LogP contribution < -0.4 is 5.32 Å². The number of rotatable bonds is 5. The summed E-state index contributed by atoms with van der Waals surface area (Å²) in [5, 5.41) is 4.61. The molecule has 1 N–H and O–H groups in total. The van der Waals surface area contributed by atoms with E-state index in [-0.39, 0.29) is 5.82 Å². The number of hydrogen-bond acceptors (Lipinski definition) is 2. The number of fused-ring (bicyclic) bond motifs is 1. The summed E-state index contributed by atoms with van der Waals surface area (Å²) in [6, 6.07) is 14.1. The van der Waals surface area contributed by atoms with E-state index in [2.05, 4.69) is 46.1 Å². The summed E-state index contributed by atoms with van der Waals surface area (Å²) in [5.41, 5.74) is 5.07. The van der Waals surface area contributed by atoms with Crippen molar-refractivity contribution in [1.82, 2.24) is 9.47 Å². The zero-order valence-corrected chi connectivity index (χ0v) is 16.2. The Morgan fingerprint density at radius 3 is 2.52 bits per heavy atom. The highest BCUT2D eigenvalue weighted by Crippen LogP contribution is 2.31. The van der Waals surface area contributed by atoms with Crippen molar-refractivity contribution < 1.29 is 4.39 Å². The summed E-state index contributed by atoms with van der Waals surface area (Å²) in [4.78, 5) is 2.54. The number of aromatic nitrogens is 1. The van der Waals surface area contributed by atoms with Gasteiger partial charge in [-0.1, -0.05) is 18.2 Å². The van der Waals surface area contributed by atoms with E-state index in [1.807, 2.05) is 19.2 Å². The van der Waals surface area contributed by atoms with Crippen molar-refractivity contribution in [3.63, 3.8) is 0 Å². The van der Waals surface area contributed by atoms with Gasteiger partial charge in [0, 0.05) is 50.0 Å². The Morgan fingerprint density at radius 1 is 1.07 bits per heavy atom. The van der Waals surface area contributed by atoms with Gasteiger partial charge in [0.2, 0.25) is 0 Å². The van der Waals surface area contributed by atoms with E-state index in [1.54, 1.807) is 12.1 Å². The number of aryl methyl sites for hydroxylation is 1. The largest absolute Gasteiger partial charge is 0.388 e. The molecule has 2 heterocycles. The van der Waals surface area contributed by atoms with Gasteiger partial charge in [0.1, 0.15) is 5.82 Å². The summed E-state index contributed by atoms with van der Waals surface area (Å²) in [5.74, 6) is -0.157. The second-order valence-electron chi connectivity index (χ2n) is 7.65. The molecule has 2 aromatic carbocycles. The minimum Gasteiger partial charge on any atom is -0.388 e. The molecule has 0 aliphatic carbocycles. The van der Waals surface area contributed by atoms with E-state index in [0.29, 0.717) is 6.04 Å². The molecule has 142 valence electrons. The minimum atomic E-state index is -0.157. The maximum Gasteiger partial charge on any atom is 0.123 e. The van der Waals surface area contributed by atoms with Crippen LogP contribution in [-0.4, -0.2) is 36.1 Å². The third-order valence-electron chi connectivity index (χ3n) is 5.90. The predicted molar refractivity (Wildman–Crippen MR) is 111 cm³/mol. The molecule has 0 spiro atoms. The first-order valence-corrected chi connectivity index (χ1v) is 9.90. The number of nitrogens with zero attached hydrogens (tertiary/aromatic N) is 2. The molecular formula is C23H28FN3. The van der Waals surface area contributed by atoms with Crippen LogP contribution in [-0.2, 0) is 6.42 Å². The van der Waals surface area contributed by atoms with E-state index >= 15 is 0 Å². The van der Waals surface area contributed by atoms with Gasteiger partial charge in [0.25, 0.3) is 0 Å². The van der Waals surface area contributed by atoms with Gasteiger partial charge in [0.15, 0.2) is 0 Å². The lowest BCUT2D eigenvalue weighted by molar-refractivity contribution is 0.190. The van der Waals surface area contributed by atoms with Gasteiger partial charge in [0.05, 0.1) is 5.52 Å². The number of nitrogens with one attached hydrogen (secondary N) is 1. The van der Waals surface area contributed by atoms with Crippen LogP contribution in [0.5, 0.6) is 0 Å². The minimum absolute atomic E-state index is 0.157. The van der Waals surface area contributed by atoms with E-state index in [9.17, 15) is 4.39 Å². The van der Waals surface area contributed by atoms with Gasteiger partial charge < -0.3 is 14.8 Å². The summed E-state index contributed by atoms with van der Waals surface area (Å²) >= 11 is 0. The van der Waals surface area contributed by atoms with Crippen LogP contribution in [0.3, 0.4) is 0 Å². The van der Waals surface area contributed by atoms with E-state index in [1.165, 1.54) is 40.6 Å². The van der Waals surface area contributed by atoms with Crippen molar-refractivity contribution in [1.29, 1.82) is 0 Å². The van der Waals surface area contributed by atoms with Crippen LogP contribution >= 0.6 is 0 Å². The maximum absolute atomic E-state index is 13.0. The number of anilines is 1. The molecule has 3 nitrogen and oxygen atoms in total. The molecule has 3 aromatic rings. The van der Waals surface area contributed by atoms with Crippen molar-refractivity contribution in [3.05, 3.63) is 65.6 Å². The van der Waals surface area contributed by atoms with Crippen molar-refractivity contribution in [3.8, 4) is 0 Å². The molecule has 4 heteroatoms. The fourth-order valence-electron chi connectivity index (χ4n) is 4.24. The number of benzene rings is 2. The summed E-state index contributed by atoms with van der Waals surface area (Å²) in [6.07, 6.45) is 5.66. The average molecular weight is 365 g/mol. The fourth-order valence-corrected chi connectivity index (χ4v) is 4.24. The van der Waals surface area contributed by atoms with Crippen molar-refractivity contribution in [2.45, 2.75) is 32.2 Å². The highest BCUT2D eigenvalue weighted by molar-refractivity contribution is 5.86. The topological polar surface area (TPSA) is 20.2 Å². The normalized spacial score (nSPS) is 16.1. The molecule has 1 aliphatic rings. The van der Waals surface area contributed by atoms with Gasteiger partial charge in [-0.05, 0) is 61.6 Å². The van der Waals surface area contributed by atoms with Gasteiger partial charge in [-0.3, -0.25) is 0 Å². The van der Waals surface area contributed by atoms with Gasteiger partial charge in [-0.2, -0.15) is 0 Å². The molecule has 1 fully saturated rings. The number of likely N-dealkylation sites (tertiary alicyclic amines) is 1. The lowest BCUT2D eigenvalue weighted by Gasteiger charge is -2.33. The average Bonchev–Trinajstić information content (AvgIpc) is 3.04. The zero-order valence-electron chi connectivity index (χ0n) is 16.2. The lowest BCUT2D eigenvalue weighted by atomic mass is 10.0. The molecule has 0 radical (unpaired) electrons. The third-order valence-corrected chi connectivity index (χ3v) is 5.90. The predicted octanol–water partition coefficient (Wildman–Crippen LogP) is 5.01. The summed E-state index contributed by atoms with van der Waals surface area (Å²) < 4.78 is 15.5. The Morgan fingerprint density at radius 2 is 1.81 bits per heavy atom. The molecule has 0 bridgehead atoms. The SMILES string of the molecule is CNc1ccc2c(C)cn(C3CCN(CCc4ccc(F)cc4)CC3)c2c1.